The largest absolute Gasteiger partial charge is 0.382 e. The number of nitrogens with two attached hydrogens (primary N) is 1. The van der Waals surface area contributed by atoms with Gasteiger partial charge in [-0.25, -0.2) is 4.98 Å². The number of nitrogen functional groups attached to an aromatic ring is 1. The van der Waals surface area contributed by atoms with Gasteiger partial charge in [0.1, 0.15) is 10.7 Å². The van der Waals surface area contributed by atoms with Crippen molar-refractivity contribution in [2.24, 2.45) is 0 Å². The van der Waals surface area contributed by atoms with Crippen molar-refractivity contribution in [3.05, 3.63) is 4.88 Å². The third-order valence-corrected chi connectivity index (χ3v) is 4.40. The Hall–Kier alpha value is -1.34. The number of hydrogen-bond donors (Lipinski definition) is 1. The molecule has 0 unspecified atom stereocenters. The summed E-state index contributed by atoms with van der Waals surface area (Å²) in [6.07, 6.45) is 1.90. The number of ether oxygens (including phenoxy) is 1. The molecule has 2 heterocycles. The zero-order valence-electron chi connectivity index (χ0n) is 12.1. The number of thiazole rings is 1. The monoisotopic (exact) mass is 298 g/mol. The Kier molecular flexibility index (Phi) is 5.19. The summed E-state index contributed by atoms with van der Waals surface area (Å²) in [4.78, 5) is 21.2. The normalized spacial score (nSPS) is 16.0. The van der Waals surface area contributed by atoms with Crippen LogP contribution in [-0.2, 0) is 4.74 Å². The Bertz CT molecular complexity index is 455. The van der Waals surface area contributed by atoms with Crippen molar-refractivity contribution >= 4 is 28.2 Å². The molecule has 7 heteroatoms. The number of nitrogens with zero attached hydrogens (tertiary/aromatic N) is 3. The second kappa shape index (κ2) is 6.90. The summed E-state index contributed by atoms with van der Waals surface area (Å²) in [5, 5.41) is 0.804. The summed E-state index contributed by atoms with van der Waals surface area (Å²) < 4.78 is 5.37. The predicted octanol–water partition coefficient (Wildman–Crippen LogP) is 1.43. The van der Waals surface area contributed by atoms with Gasteiger partial charge in [-0.2, -0.15) is 0 Å². The highest BCUT2D eigenvalue weighted by Crippen LogP contribution is 2.28. The van der Waals surface area contributed by atoms with E-state index in [-0.39, 0.29) is 5.91 Å². The Morgan fingerprint density at radius 3 is 3.05 bits per heavy atom. The molecule has 0 atom stereocenters. The van der Waals surface area contributed by atoms with Crippen LogP contribution in [0.25, 0.3) is 0 Å². The van der Waals surface area contributed by atoms with Crippen LogP contribution in [0, 0.1) is 0 Å². The van der Waals surface area contributed by atoms with Gasteiger partial charge in [0.05, 0.1) is 6.61 Å². The molecule has 0 radical (unpaired) electrons. The topological polar surface area (TPSA) is 71.7 Å². The van der Waals surface area contributed by atoms with Crippen LogP contribution < -0.4 is 10.6 Å². The van der Waals surface area contributed by atoms with Crippen LogP contribution in [0.1, 0.15) is 29.4 Å². The van der Waals surface area contributed by atoms with Crippen LogP contribution in [0.5, 0.6) is 0 Å². The number of rotatable bonds is 4. The van der Waals surface area contributed by atoms with Gasteiger partial charge in [0.15, 0.2) is 5.13 Å². The molecule has 20 heavy (non-hydrogen) atoms. The molecule has 1 aliphatic heterocycles. The molecule has 1 aromatic heterocycles. The van der Waals surface area contributed by atoms with E-state index in [9.17, 15) is 4.79 Å². The smallest absolute Gasteiger partial charge is 0.267 e. The first-order chi connectivity index (χ1) is 9.63. The first kappa shape index (κ1) is 15.1. The van der Waals surface area contributed by atoms with Gasteiger partial charge in [-0.15, -0.1) is 0 Å². The molecule has 0 spiro atoms. The lowest BCUT2D eigenvalue weighted by Gasteiger charge is -2.18. The standard InChI is InChI=1S/C13H22N4O2S/c1-3-5-16(2)13-15-11(14)10(20-13)12(18)17-6-4-8-19-9-7-17/h3-9,14H2,1-2H3. The predicted molar refractivity (Wildman–Crippen MR) is 81.4 cm³/mol. The first-order valence-corrected chi connectivity index (χ1v) is 7.79. The lowest BCUT2D eigenvalue weighted by molar-refractivity contribution is 0.0747. The van der Waals surface area contributed by atoms with Gasteiger partial charge in [-0.1, -0.05) is 18.3 Å². The maximum atomic E-state index is 12.5. The van der Waals surface area contributed by atoms with Gasteiger partial charge in [-0.3, -0.25) is 4.79 Å². The average Bonchev–Trinajstić information content (AvgIpc) is 2.65. The minimum atomic E-state index is -0.0263. The van der Waals surface area contributed by atoms with Crippen LogP contribution >= 0.6 is 11.3 Å². The summed E-state index contributed by atoms with van der Waals surface area (Å²) in [6, 6.07) is 0. The summed E-state index contributed by atoms with van der Waals surface area (Å²) in [5.74, 6) is 0.310. The number of amides is 1. The fraction of sp³-hybridized carbons (Fsp3) is 0.692. The summed E-state index contributed by atoms with van der Waals surface area (Å²) >= 11 is 1.37. The maximum Gasteiger partial charge on any atom is 0.267 e. The molecule has 0 saturated carbocycles. The Morgan fingerprint density at radius 2 is 2.30 bits per heavy atom. The van der Waals surface area contributed by atoms with Crippen LogP contribution in [-0.4, -0.2) is 55.7 Å². The molecule has 1 aromatic rings. The summed E-state index contributed by atoms with van der Waals surface area (Å²) in [5.41, 5.74) is 5.92. The van der Waals surface area contributed by atoms with Crippen LogP contribution in [0.15, 0.2) is 0 Å². The Labute approximate surface area is 123 Å². The fourth-order valence-corrected chi connectivity index (χ4v) is 3.10. The molecule has 0 aromatic carbocycles. The third-order valence-electron chi connectivity index (χ3n) is 3.23. The molecular formula is C13H22N4O2S. The van der Waals surface area contributed by atoms with Crippen molar-refractivity contribution in [1.29, 1.82) is 0 Å². The summed E-state index contributed by atoms with van der Waals surface area (Å²) in [7, 11) is 1.97. The zero-order chi connectivity index (χ0) is 14.5. The number of hydrogen-bond acceptors (Lipinski definition) is 6. The molecule has 2 rings (SSSR count). The molecule has 1 fully saturated rings. The lowest BCUT2D eigenvalue weighted by atomic mass is 10.3. The van der Waals surface area contributed by atoms with Gasteiger partial charge in [0.25, 0.3) is 5.91 Å². The van der Waals surface area contributed by atoms with E-state index in [0.717, 1.165) is 31.1 Å². The molecule has 6 nitrogen and oxygen atoms in total. The molecule has 2 N–H and O–H groups in total. The van der Waals surface area contributed by atoms with Crippen LogP contribution in [0.4, 0.5) is 10.9 Å². The first-order valence-electron chi connectivity index (χ1n) is 6.98. The van der Waals surface area contributed by atoms with Gasteiger partial charge in [0.2, 0.25) is 0 Å². The van der Waals surface area contributed by atoms with Crippen molar-refractivity contribution in [3.63, 3.8) is 0 Å². The minimum Gasteiger partial charge on any atom is -0.382 e. The number of aromatic nitrogens is 1. The van der Waals surface area contributed by atoms with Crippen molar-refractivity contribution < 1.29 is 9.53 Å². The van der Waals surface area contributed by atoms with E-state index in [1.165, 1.54) is 11.3 Å². The quantitative estimate of drug-likeness (QED) is 0.910. The maximum absolute atomic E-state index is 12.5. The molecule has 0 aliphatic carbocycles. The van der Waals surface area contributed by atoms with Gasteiger partial charge in [-0.05, 0) is 12.8 Å². The summed E-state index contributed by atoms with van der Waals surface area (Å²) in [6.45, 7) is 5.65. The van der Waals surface area contributed by atoms with E-state index in [4.69, 9.17) is 10.5 Å². The molecular weight excluding hydrogens is 276 g/mol. The Morgan fingerprint density at radius 1 is 1.50 bits per heavy atom. The van der Waals surface area contributed by atoms with Crippen molar-refractivity contribution in [3.8, 4) is 0 Å². The number of carbonyl (C=O) groups excluding carboxylic acids is 1. The molecule has 0 bridgehead atoms. The Balaban J connectivity index is 2.12. The van der Waals surface area contributed by atoms with Crippen LogP contribution in [0.2, 0.25) is 0 Å². The van der Waals surface area contributed by atoms with E-state index in [1.807, 2.05) is 11.9 Å². The molecule has 112 valence electrons. The van der Waals surface area contributed by atoms with E-state index >= 15 is 0 Å². The SMILES string of the molecule is CCCN(C)c1nc(N)c(C(=O)N2CCCOCC2)s1. The number of carbonyl (C=O) groups is 1. The molecule has 1 aliphatic rings. The van der Waals surface area contributed by atoms with E-state index < -0.39 is 0 Å². The van der Waals surface area contributed by atoms with E-state index in [0.29, 0.717) is 30.5 Å². The van der Waals surface area contributed by atoms with Crippen molar-refractivity contribution in [2.75, 3.05) is 50.5 Å². The van der Waals surface area contributed by atoms with E-state index in [1.54, 1.807) is 4.90 Å². The average molecular weight is 298 g/mol. The second-order valence-corrected chi connectivity index (χ2v) is 5.87. The van der Waals surface area contributed by atoms with E-state index in [2.05, 4.69) is 11.9 Å². The highest BCUT2D eigenvalue weighted by molar-refractivity contribution is 7.18. The molecule has 1 amide bonds. The van der Waals surface area contributed by atoms with Crippen molar-refractivity contribution in [2.45, 2.75) is 19.8 Å². The molecule has 1 saturated heterocycles. The second-order valence-electron chi connectivity index (χ2n) is 4.89. The van der Waals surface area contributed by atoms with Gasteiger partial charge >= 0.3 is 0 Å². The highest BCUT2D eigenvalue weighted by atomic mass is 32.1. The van der Waals surface area contributed by atoms with Gasteiger partial charge < -0.3 is 20.3 Å². The number of anilines is 2. The highest BCUT2D eigenvalue weighted by Gasteiger charge is 2.23. The lowest BCUT2D eigenvalue weighted by Crippen LogP contribution is -2.33. The van der Waals surface area contributed by atoms with Crippen LogP contribution in [0.3, 0.4) is 0 Å². The van der Waals surface area contributed by atoms with Gasteiger partial charge in [0, 0.05) is 33.3 Å². The van der Waals surface area contributed by atoms with Crippen molar-refractivity contribution in [1.82, 2.24) is 9.88 Å². The fourth-order valence-electron chi connectivity index (χ4n) is 2.16. The zero-order valence-corrected chi connectivity index (χ0v) is 12.9. The third kappa shape index (κ3) is 3.40. The minimum absolute atomic E-state index is 0.0263.